The Hall–Kier alpha value is -3.67. The van der Waals surface area contributed by atoms with Gasteiger partial charge in [0.25, 0.3) is 5.56 Å². The van der Waals surface area contributed by atoms with Crippen molar-refractivity contribution in [3.8, 4) is 0 Å². The molecule has 1 amide bonds. The van der Waals surface area contributed by atoms with Crippen LogP contribution in [0, 0.1) is 0 Å². The summed E-state index contributed by atoms with van der Waals surface area (Å²) in [5.41, 5.74) is 4.15. The second kappa shape index (κ2) is 8.03. The largest absolute Gasteiger partial charge is 0.418 e. The molecular weight excluding hydrogens is 441 g/mol. The van der Waals surface area contributed by atoms with E-state index >= 15 is 0 Å². The number of pyridine rings is 3. The number of primary amides is 1. The van der Waals surface area contributed by atoms with Crippen LogP contribution in [-0.4, -0.2) is 37.3 Å². The number of amides is 1. The van der Waals surface area contributed by atoms with Gasteiger partial charge < -0.3 is 26.0 Å². The minimum absolute atomic E-state index is 0.0355. The summed E-state index contributed by atoms with van der Waals surface area (Å²) in [6.07, 6.45) is -3.16. The lowest BCUT2D eigenvalue weighted by Gasteiger charge is -2.18. The molecule has 3 aromatic rings. The lowest BCUT2D eigenvalue weighted by molar-refractivity contribution is -0.206. The first-order valence-corrected chi connectivity index (χ1v) is 10.0. The molecule has 1 aliphatic carbocycles. The van der Waals surface area contributed by atoms with Crippen LogP contribution < -0.4 is 21.9 Å². The molecule has 9 nitrogen and oxygen atoms in total. The number of aliphatic hydroxyl groups excluding tert-OH is 1. The number of aromatic nitrogens is 3. The van der Waals surface area contributed by atoms with Crippen LogP contribution in [0.3, 0.4) is 0 Å². The fourth-order valence-electron chi connectivity index (χ4n) is 3.35. The molecule has 1 aliphatic rings. The van der Waals surface area contributed by atoms with Crippen molar-refractivity contribution in [1.29, 1.82) is 0 Å². The highest BCUT2D eigenvalue weighted by molar-refractivity contribution is 5.94. The Morgan fingerprint density at radius 3 is 2.67 bits per heavy atom. The number of hydrogen-bond donors (Lipinski definition) is 4. The summed E-state index contributed by atoms with van der Waals surface area (Å²) in [5, 5.41) is 16.3. The zero-order chi connectivity index (χ0) is 24.0. The van der Waals surface area contributed by atoms with Gasteiger partial charge in [-0.25, -0.2) is 9.97 Å². The molecule has 1 unspecified atom stereocenters. The van der Waals surface area contributed by atoms with Crippen LogP contribution in [0.25, 0.3) is 10.8 Å². The van der Waals surface area contributed by atoms with Gasteiger partial charge in [-0.1, -0.05) is 0 Å². The van der Waals surface area contributed by atoms with Gasteiger partial charge in [0.05, 0.1) is 5.39 Å². The summed E-state index contributed by atoms with van der Waals surface area (Å²) in [6, 6.07) is 5.30. The molecule has 3 aromatic heterocycles. The van der Waals surface area contributed by atoms with Gasteiger partial charge in [0.1, 0.15) is 24.0 Å². The maximum atomic E-state index is 13.0. The van der Waals surface area contributed by atoms with E-state index in [4.69, 9.17) is 5.73 Å². The number of aliphatic hydroxyl groups is 1. The topological polar surface area (TPSA) is 135 Å². The molecule has 5 N–H and O–H groups in total. The van der Waals surface area contributed by atoms with Crippen LogP contribution in [0.2, 0.25) is 0 Å². The molecule has 174 valence electrons. The van der Waals surface area contributed by atoms with Gasteiger partial charge in [-0.3, -0.25) is 9.59 Å². The first-order valence-electron chi connectivity index (χ1n) is 10.0. The van der Waals surface area contributed by atoms with E-state index in [1.807, 2.05) is 6.92 Å². The minimum Gasteiger partial charge on any atom is -0.379 e. The lowest BCUT2D eigenvalue weighted by Crippen LogP contribution is -2.29. The third-order valence-electron chi connectivity index (χ3n) is 5.37. The molecule has 1 fully saturated rings. The van der Waals surface area contributed by atoms with E-state index in [0.717, 1.165) is 31.2 Å². The van der Waals surface area contributed by atoms with E-state index in [2.05, 4.69) is 20.6 Å². The van der Waals surface area contributed by atoms with Gasteiger partial charge in [-0.2, -0.15) is 13.2 Å². The SMILES string of the molecule is CC1(Nc2nc(Nc3cc(C(O)C(F)(F)F)ccn3)cc3ccn(CC(N)=O)c(=O)c23)CC1. The molecule has 0 saturated heterocycles. The summed E-state index contributed by atoms with van der Waals surface area (Å²) in [5.74, 6) is -0.135. The average Bonchev–Trinajstić information content (AvgIpc) is 3.45. The highest BCUT2D eigenvalue weighted by Gasteiger charge is 2.40. The molecule has 3 heterocycles. The molecular formula is C21H21F3N6O3. The maximum absolute atomic E-state index is 13.0. The van der Waals surface area contributed by atoms with Crippen LogP contribution in [-0.2, 0) is 11.3 Å². The van der Waals surface area contributed by atoms with E-state index < -0.39 is 23.7 Å². The van der Waals surface area contributed by atoms with Crippen molar-refractivity contribution >= 4 is 34.1 Å². The summed E-state index contributed by atoms with van der Waals surface area (Å²) in [7, 11) is 0. The molecule has 1 saturated carbocycles. The molecule has 0 aliphatic heterocycles. The fourth-order valence-corrected chi connectivity index (χ4v) is 3.35. The number of anilines is 3. The Morgan fingerprint density at radius 1 is 1.30 bits per heavy atom. The maximum Gasteiger partial charge on any atom is 0.418 e. The van der Waals surface area contributed by atoms with Crippen molar-refractivity contribution in [3.63, 3.8) is 0 Å². The second-order valence-corrected chi connectivity index (χ2v) is 8.26. The van der Waals surface area contributed by atoms with Gasteiger partial charge in [-0.15, -0.1) is 0 Å². The average molecular weight is 462 g/mol. The Balaban J connectivity index is 1.75. The van der Waals surface area contributed by atoms with Crippen molar-refractivity contribution < 1.29 is 23.1 Å². The number of alkyl halides is 3. The van der Waals surface area contributed by atoms with E-state index in [0.29, 0.717) is 5.39 Å². The predicted octanol–water partition coefficient (Wildman–Crippen LogP) is 2.58. The molecule has 0 bridgehead atoms. The van der Waals surface area contributed by atoms with Crippen LogP contribution in [0.1, 0.15) is 31.4 Å². The smallest absolute Gasteiger partial charge is 0.379 e. The van der Waals surface area contributed by atoms with Crippen molar-refractivity contribution in [2.75, 3.05) is 10.6 Å². The standard InChI is InChI=1S/C21H21F3N6O3/c1-20(4-5-20)29-18-16-11(3-7-30(19(16)33)10-13(25)31)8-15(28-18)27-14-9-12(2-6-26-14)17(32)21(22,23)24/h2-3,6-9,17,32H,4-5,10H2,1H3,(H2,25,31)(H2,26,27,28,29). The van der Waals surface area contributed by atoms with Gasteiger partial charge in [0.15, 0.2) is 6.10 Å². The molecule has 1 atom stereocenters. The molecule has 0 aromatic carbocycles. The molecule has 4 rings (SSSR count). The number of rotatable bonds is 7. The van der Waals surface area contributed by atoms with E-state index in [1.165, 1.54) is 10.8 Å². The number of carbonyl (C=O) groups excluding carboxylic acids is 1. The van der Waals surface area contributed by atoms with Crippen molar-refractivity contribution in [1.82, 2.24) is 14.5 Å². The number of hydrogen-bond acceptors (Lipinski definition) is 7. The number of halogens is 3. The Labute approximate surface area is 185 Å². The van der Waals surface area contributed by atoms with Gasteiger partial charge in [0, 0.05) is 17.9 Å². The van der Waals surface area contributed by atoms with E-state index in [1.54, 1.807) is 12.1 Å². The number of nitrogens with zero attached hydrogens (tertiary/aromatic N) is 3. The van der Waals surface area contributed by atoms with E-state index in [-0.39, 0.29) is 40.5 Å². The predicted molar refractivity (Wildman–Crippen MR) is 115 cm³/mol. The fraction of sp³-hybridized carbons (Fsp3) is 0.333. The highest BCUT2D eigenvalue weighted by atomic mass is 19.4. The quantitative estimate of drug-likeness (QED) is 0.424. The zero-order valence-corrected chi connectivity index (χ0v) is 17.5. The third-order valence-corrected chi connectivity index (χ3v) is 5.37. The van der Waals surface area contributed by atoms with Crippen molar-refractivity contribution in [3.05, 3.63) is 52.6 Å². The summed E-state index contributed by atoms with van der Waals surface area (Å²) < 4.78 is 39.8. The summed E-state index contributed by atoms with van der Waals surface area (Å²) in [4.78, 5) is 32.7. The van der Waals surface area contributed by atoms with Crippen LogP contribution in [0.15, 0.2) is 41.5 Å². The summed E-state index contributed by atoms with van der Waals surface area (Å²) >= 11 is 0. The number of fused-ring (bicyclic) bond motifs is 1. The minimum atomic E-state index is -4.82. The lowest BCUT2D eigenvalue weighted by atomic mass is 10.1. The monoisotopic (exact) mass is 462 g/mol. The number of nitrogens with one attached hydrogen (secondary N) is 2. The molecule has 0 spiro atoms. The molecule has 33 heavy (non-hydrogen) atoms. The van der Waals surface area contributed by atoms with Gasteiger partial charge >= 0.3 is 6.18 Å². The van der Waals surface area contributed by atoms with Crippen molar-refractivity contribution in [2.24, 2.45) is 5.73 Å². The van der Waals surface area contributed by atoms with Crippen LogP contribution in [0.4, 0.5) is 30.6 Å². The molecule has 12 heteroatoms. The first kappa shape index (κ1) is 22.5. The third kappa shape index (κ3) is 4.90. The Kier molecular flexibility index (Phi) is 5.48. The normalized spacial score (nSPS) is 15.8. The van der Waals surface area contributed by atoms with Gasteiger partial charge in [-0.05, 0) is 55.0 Å². The second-order valence-electron chi connectivity index (χ2n) is 8.26. The zero-order valence-electron chi connectivity index (χ0n) is 17.5. The van der Waals surface area contributed by atoms with Crippen molar-refractivity contribution in [2.45, 2.75) is 44.1 Å². The Morgan fingerprint density at radius 2 is 2.03 bits per heavy atom. The van der Waals surface area contributed by atoms with Crippen LogP contribution >= 0.6 is 0 Å². The Bertz CT molecular complexity index is 1290. The highest BCUT2D eigenvalue weighted by Crippen LogP contribution is 2.39. The number of carbonyl (C=O) groups is 1. The van der Waals surface area contributed by atoms with Gasteiger partial charge in [0.2, 0.25) is 5.91 Å². The molecule has 0 radical (unpaired) electrons. The van der Waals surface area contributed by atoms with Crippen LogP contribution in [0.5, 0.6) is 0 Å². The number of nitrogens with two attached hydrogens (primary N) is 1. The van der Waals surface area contributed by atoms with E-state index in [9.17, 15) is 27.9 Å². The summed E-state index contributed by atoms with van der Waals surface area (Å²) in [6.45, 7) is 1.68. The first-order chi connectivity index (χ1) is 15.4.